The summed E-state index contributed by atoms with van der Waals surface area (Å²) in [4.78, 5) is 36.7. The zero-order valence-corrected chi connectivity index (χ0v) is 20.5. The summed E-state index contributed by atoms with van der Waals surface area (Å²) >= 11 is 1.34. The van der Waals surface area contributed by atoms with E-state index < -0.39 is 10.0 Å². The summed E-state index contributed by atoms with van der Waals surface area (Å²) in [6.07, 6.45) is 2.13. The van der Waals surface area contributed by atoms with Gasteiger partial charge in [0.25, 0.3) is 11.8 Å². The largest absolute Gasteiger partial charge is 0.333 e. The molecule has 0 radical (unpaired) electrons. The molecule has 178 valence electrons. The Morgan fingerprint density at radius 3 is 2.50 bits per heavy atom. The van der Waals surface area contributed by atoms with E-state index in [0.717, 1.165) is 10.6 Å². The second-order valence-electron chi connectivity index (χ2n) is 7.65. The second-order valence-corrected chi connectivity index (χ2v) is 10.7. The van der Waals surface area contributed by atoms with Gasteiger partial charge in [0.05, 0.1) is 17.1 Å². The number of hydrogen-bond donors (Lipinski definition) is 1. The van der Waals surface area contributed by atoms with Gasteiger partial charge in [0.1, 0.15) is 5.69 Å². The van der Waals surface area contributed by atoms with Crippen LogP contribution in [0.3, 0.4) is 0 Å². The monoisotopic (exact) mass is 499 g/mol. The molecule has 0 saturated carbocycles. The van der Waals surface area contributed by atoms with Crippen LogP contribution in [0.1, 0.15) is 45.3 Å². The molecular formula is C23H25N5O4S2. The fourth-order valence-electron chi connectivity index (χ4n) is 3.75. The van der Waals surface area contributed by atoms with Crippen molar-refractivity contribution in [1.29, 1.82) is 0 Å². The van der Waals surface area contributed by atoms with Crippen molar-refractivity contribution >= 4 is 38.3 Å². The minimum Gasteiger partial charge on any atom is -0.333 e. The molecule has 9 nitrogen and oxygen atoms in total. The van der Waals surface area contributed by atoms with Gasteiger partial charge in [-0.2, -0.15) is 4.31 Å². The predicted molar refractivity (Wildman–Crippen MR) is 129 cm³/mol. The lowest BCUT2D eigenvalue weighted by Crippen LogP contribution is -2.35. The number of nitrogens with one attached hydrogen (secondary N) is 1. The minimum absolute atomic E-state index is 0.171. The first-order valence-corrected chi connectivity index (χ1v) is 13.2. The number of carbonyl (C=O) groups is 2. The molecule has 0 atom stereocenters. The first kappa shape index (κ1) is 24.0. The molecule has 2 amide bonds. The van der Waals surface area contributed by atoms with Crippen molar-refractivity contribution in [2.75, 3.05) is 25.0 Å². The summed E-state index contributed by atoms with van der Waals surface area (Å²) in [6, 6.07) is 11.2. The molecule has 11 heteroatoms. The van der Waals surface area contributed by atoms with Gasteiger partial charge in [-0.15, -0.1) is 0 Å². The average Bonchev–Trinajstić information content (AvgIpc) is 3.26. The Hall–Kier alpha value is -3.15. The van der Waals surface area contributed by atoms with Crippen molar-refractivity contribution in [3.8, 4) is 0 Å². The standard InChI is InChI=1S/C23H25N5O4S2/c1-3-28(4-2)34(31,32)17-10-8-16(9-11-17)22(30)27-14-12-18-20(15-27)33-23(25-18)26-21(29)19-7-5-6-13-24-19/h5-11,13H,3-4,12,14-15H2,1-2H3,(H,25,26,29). The lowest BCUT2D eigenvalue weighted by Gasteiger charge is -2.26. The van der Waals surface area contributed by atoms with Gasteiger partial charge in [-0.3, -0.25) is 19.9 Å². The van der Waals surface area contributed by atoms with Gasteiger partial charge in [-0.1, -0.05) is 31.3 Å². The molecule has 0 fully saturated rings. The van der Waals surface area contributed by atoms with Crippen LogP contribution in [-0.4, -0.2) is 59.0 Å². The van der Waals surface area contributed by atoms with E-state index in [1.807, 2.05) is 0 Å². The van der Waals surface area contributed by atoms with Gasteiger partial charge in [0.2, 0.25) is 10.0 Å². The van der Waals surface area contributed by atoms with Gasteiger partial charge in [0, 0.05) is 42.7 Å². The van der Waals surface area contributed by atoms with Crippen LogP contribution in [0.4, 0.5) is 5.13 Å². The molecule has 0 spiro atoms. The third-order valence-corrected chi connectivity index (χ3v) is 8.64. The fraction of sp³-hybridized carbons (Fsp3) is 0.304. The van der Waals surface area contributed by atoms with Crippen LogP contribution in [0.25, 0.3) is 0 Å². The Labute approximate surface area is 202 Å². The summed E-state index contributed by atoms with van der Waals surface area (Å²) in [6.45, 7) is 5.22. The maximum atomic E-state index is 13.1. The maximum Gasteiger partial charge on any atom is 0.276 e. The third-order valence-electron chi connectivity index (χ3n) is 5.58. The lowest BCUT2D eigenvalue weighted by molar-refractivity contribution is 0.0736. The number of rotatable bonds is 7. The fourth-order valence-corrected chi connectivity index (χ4v) is 6.22. The highest BCUT2D eigenvalue weighted by molar-refractivity contribution is 7.89. The number of carbonyl (C=O) groups excluding carboxylic acids is 2. The van der Waals surface area contributed by atoms with Crippen LogP contribution in [-0.2, 0) is 23.0 Å². The summed E-state index contributed by atoms with van der Waals surface area (Å²) in [5.41, 5.74) is 1.60. The highest BCUT2D eigenvalue weighted by atomic mass is 32.2. The quantitative estimate of drug-likeness (QED) is 0.535. The smallest absolute Gasteiger partial charge is 0.276 e. The van der Waals surface area contributed by atoms with Gasteiger partial charge in [-0.25, -0.2) is 13.4 Å². The van der Waals surface area contributed by atoms with E-state index in [0.29, 0.717) is 49.0 Å². The SMILES string of the molecule is CCN(CC)S(=O)(=O)c1ccc(C(=O)N2CCc3nc(NC(=O)c4ccccn4)sc3C2)cc1. The molecule has 4 rings (SSSR count). The number of sulfonamides is 1. The molecule has 0 aliphatic carbocycles. The summed E-state index contributed by atoms with van der Waals surface area (Å²) in [5, 5.41) is 3.24. The van der Waals surface area contributed by atoms with Crippen LogP contribution in [0, 0.1) is 0 Å². The predicted octanol–water partition coefficient (Wildman–Crippen LogP) is 3.02. The van der Waals surface area contributed by atoms with E-state index in [1.54, 1.807) is 55.3 Å². The molecule has 3 aromatic rings. The second kappa shape index (κ2) is 10.00. The Morgan fingerprint density at radius 1 is 1.12 bits per heavy atom. The van der Waals surface area contributed by atoms with Crippen LogP contribution in [0.15, 0.2) is 53.6 Å². The summed E-state index contributed by atoms with van der Waals surface area (Å²) in [7, 11) is -3.57. The molecule has 0 saturated heterocycles. The highest BCUT2D eigenvalue weighted by Crippen LogP contribution is 2.29. The zero-order valence-electron chi connectivity index (χ0n) is 18.9. The van der Waals surface area contributed by atoms with E-state index in [9.17, 15) is 18.0 Å². The van der Waals surface area contributed by atoms with Crippen molar-refractivity contribution in [1.82, 2.24) is 19.2 Å². The number of hydrogen-bond acceptors (Lipinski definition) is 7. The maximum absolute atomic E-state index is 13.1. The number of benzene rings is 1. The number of pyridine rings is 1. The Balaban J connectivity index is 1.44. The van der Waals surface area contributed by atoms with Crippen LogP contribution in [0.2, 0.25) is 0 Å². The number of thiazole rings is 1. The molecule has 1 aliphatic rings. The molecule has 0 unspecified atom stereocenters. The summed E-state index contributed by atoms with van der Waals surface area (Å²) in [5.74, 6) is -0.510. The van der Waals surface area contributed by atoms with Crippen molar-refractivity contribution in [3.63, 3.8) is 0 Å². The number of aromatic nitrogens is 2. The first-order valence-electron chi connectivity index (χ1n) is 10.9. The van der Waals surface area contributed by atoms with Crippen molar-refractivity contribution in [3.05, 3.63) is 70.5 Å². The van der Waals surface area contributed by atoms with Crippen molar-refractivity contribution < 1.29 is 18.0 Å². The van der Waals surface area contributed by atoms with Gasteiger partial charge in [0.15, 0.2) is 5.13 Å². The number of fused-ring (bicyclic) bond motifs is 1. The number of anilines is 1. The van der Waals surface area contributed by atoms with Gasteiger partial charge < -0.3 is 4.90 Å². The van der Waals surface area contributed by atoms with E-state index in [1.165, 1.54) is 27.8 Å². The molecule has 1 N–H and O–H groups in total. The average molecular weight is 500 g/mol. The number of amides is 2. The molecule has 2 aromatic heterocycles. The molecule has 0 bridgehead atoms. The van der Waals surface area contributed by atoms with E-state index in [2.05, 4.69) is 15.3 Å². The van der Waals surface area contributed by atoms with Gasteiger partial charge >= 0.3 is 0 Å². The summed E-state index contributed by atoms with van der Waals surface area (Å²) < 4.78 is 26.7. The topological polar surface area (TPSA) is 113 Å². The Kier molecular flexibility index (Phi) is 7.05. The molecule has 3 heterocycles. The van der Waals surface area contributed by atoms with Crippen molar-refractivity contribution in [2.45, 2.75) is 31.7 Å². The molecule has 34 heavy (non-hydrogen) atoms. The van der Waals surface area contributed by atoms with Crippen LogP contribution < -0.4 is 5.32 Å². The molecule has 1 aromatic carbocycles. The normalized spacial score (nSPS) is 13.6. The van der Waals surface area contributed by atoms with Crippen molar-refractivity contribution in [2.24, 2.45) is 0 Å². The zero-order chi connectivity index (χ0) is 24.3. The minimum atomic E-state index is -3.57. The van der Waals surface area contributed by atoms with Crippen LogP contribution in [0.5, 0.6) is 0 Å². The van der Waals surface area contributed by atoms with E-state index in [-0.39, 0.29) is 16.7 Å². The highest BCUT2D eigenvalue weighted by Gasteiger charge is 2.27. The Morgan fingerprint density at radius 2 is 1.85 bits per heavy atom. The van der Waals surface area contributed by atoms with Crippen LogP contribution >= 0.6 is 11.3 Å². The van der Waals surface area contributed by atoms with E-state index >= 15 is 0 Å². The van der Waals surface area contributed by atoms with E-state index in [4.69, 9.17) is 0 Å². The third kappa shape index (κ3) is 4.86. The first-order chi connectivity index (χ1) is 16.3. The van der Waals surface area contributed by atoms with Gasteiger partial charge in [-0.05, 0) is 36.4 Å². The number of nitrogens with zero attached hydrogens (tertiary/aromatic N) is 4. The molecule has 1 aliphatic heterocycles. The molecular weight excluding hydrogens is 474 g/mol. The Bertz CT molecular complexity index is 1290. The lowest BCUT2D eigenvalue weighted by atomic mass is 10.1.